The van der Waals surface area contributed by atoms with E-state index in [-0.39, 0.29) is 5.92 Å². The lowest BCUT2D eigenvalue weighted by molar-refractivity contribution is 0.352. The third kappa shape index (κ3) is 2.93. The molecule has 1 N–H and O–H groups in total. The van der Waals surface area contributed by atoms with Crippen molar-refractivity contribution in [2.75, 3.05) is 19.7 Å². The van der Waals surface area contributed by atoms with E-state index in [4.69, 9.17) is 9.72 Å². The van der Waals surface area contributed by atoms with Crippen LogP contribution in [0.5, 0.6) is 5.75 Å². The Hall–Kier alpha value is -1.88. The zero-order chi connectivity index (χ0) is 16.5. The zero-order valence-electron chi connectivity index (χ0n) is 13.7. The van der Waals surface area contributed by atoms with Crippen LogP contribution in [0.4, 0.5) is 0 Å². The number of aliphatic imine (C=N–C) groups is 1. The third-order valence-corrected chi connectivity index (χ3v) is 5.13. The predicted octanol–water partition coefficient (Wildman–Crippen LogP) is 3.61. The number of halogens is 1. The fourth-order valence-electron chi connectivity index (χ4n) is 3.55. The second kappa shape index (κ2) is 6.55. The number of hydrogen-bond donors (Lipinski definition) is 1. The summed E-state index contributed by atoms with van der Waals surface area (Å²) in [4.78, 5) is 9.30. The van der Waals surface area contributed by atoms with Crippen molar-refractivity contribution in [1.82, 2.24) is 10.3 Å². The maximum atomic E-state index is 5.98. The monoisotopic (exact) mass is 385 g/mol. The Morgan fingerprint density at radius 2 is 2.29 bits per heavy atom. The second-order valence-electron chi connectivity index (χ2n) is 6.30. The minimum atomic E-state index is 0.139. The number of amidine groups is 1. The van der Waals surface area contributed by atoms with E-state index in [9.17, 15) is 0 Å². The number of aryl methyl sites for hydroxylation is 1. The quantitative estimate of drug-likeness (QED) is 0.873. The topological polar surface area (TPSA) is 46.5 Å². The summed E-state index contributed by atoms with van der Waals surface area (Å²) in [5.74, 6) is 2.24. The van der Waals surface area contributed by atoms with E-state index in [1.54, 1.807) is 0 Å². The maximum Gasteiger partial charge on any atom is 0.126 e. The van der Waals surface area contributed by atoms with E-state index < -0.39 is 0 Å². The number of nitrogens with one attached hydrogen (secondary N) is 1. The molecule has 0 spiro atoms. The van der Waals surface area contributed by atoms with Crippen LogP contribution in [0.25, 0.3) is 0 Å². The summed E-state index contributed by atoms with van der Waals surface area (Å²) in [5, 5.41) is 3.40. The Kier molecular flexibility index (Phi) is 4.27. The zero-order valence-corrected chi connectivity index (χ0v) is 15.3. The van der Waals surface area contributed by atoms with Crippen LogP contribution in [-0.4, -0.2) is 30.5 Å². The largest absolute Gasteiger partial charge is 0.493 e. The fourth-order valence-corrected chi connectivity index (χ4v) is 4.07. The van der Waals surface area contributed by atoms with Gasteiger partial charge >= 0.3 is 0 Å². The number of aromatic nitrogens is 1. The Labute approximate surface area is 150 Å². The molecule has 2 aromatic rings. The molecule has 0 saturated heterocycles. The van der Waals surface area contributed by atoms with Gasteiger partial charge in [0.05, 0.1) is 24.7 Å². The number of fused-ring (bicyclic) bond motifs is 1. The molecular weight excluding hydrogens is 366 g/mol. The van der Waals surface area contributed by atoms with Gasteiger partial charge in [-0.2, -0.15) is 0 Å². The summed E-state index contributed by atoms with van der Waals surface area (Å²) in [7, 11) is 0. The highest BCUT2D eigenvalue weighted by Gasteiger charge is 2.28. The molecule has 4 nitrogen and oxygen atoms in total. The van der Waals surface area contributed by atoms with Crippen LogP contribution in [-0.2, 0) is 6.42 Å². The highest BCUT2D eigenvalue weighted by Crippen LogP contribution is 2.41. The Morgan fingerprint density at radius 3 is 3.08 bits per heavy atom. The van der Waals surface area contributed by atoms with Crippen LogP contribution in [0.15, 0.2) is 39.9 Å². The SMILES string of the molecule is Cc1cccnc1C(CC1=NCCN1)c1cc(Br)cc2c1OCC2. The number of ether oxygens (including phenoxy) is 1. The molecule has 0 fully saturated rings. The van der Waals surface area contributed by atoms with E-state index in [0.717, 1.165) is 54.3 Å². The first-order valence-corrected chi connectivity index (χ1v) is 9.15. The van der Waals surface area contributed by atoms with Crippen molar-refractivity contribution >= 4 is 21.8 Å². The molecule has 1 aromatic carbocycles. The number of hydrogen-bond acceptors (Lipinski definition) is 4. The van der Waals surface area contributed by atoms with Crippen molar-refractivity contribution in [2.24, 2.45) is 4.99 Å². The van der Waals surface area contributed by atoms with Crippen molar-refractivity contribution < 1.29 is 4.74 Å². The normalized spacial score (nSPS) is 17.0. The Bertz CT molecular complexity index is 803. The smallest absolute Gasteiger partial charge is 0.126 e. The van der Waals surface area contributed by atoms with E-state index in [1.807, 2.05) is 12.3 Å². The molecule has 0 radical (unpaired) electrons. The number of pyridine rings is 1. The van der Waals surface area contributed by atoms with Crippen LogP contribution in [0.2, 0.25) is 0 Å². The average molecular weight is 386 g/mol. The van der Waals surface area contributed by atoms with Crippen LogP contribution < -0.4 is 10.1 Å². The van der Waals surface area contributed by atoms with Crippen LogP contribution in [0.1, 0.15) is 34.7 Å². The first-order valence-electron chi connectivity index (χ1n) is 8.36. The van der Waals surface area contributed by atoms with Gasteiger partial charge in [0.25, 0.3) is 0 Å². The second-order valence-corrected chi connectivity index (χ2v) is 7.21. The number of benzene rings is 1. The first kappa shape index (κ1) is 15.6. The molecule has 0 aliphatic carbocycles. The minimum Gasteiger partial charge on any atom is -0.493 e. The highest BCUT2D eigenvalue weighted by molar-refractivity contribution is 9.10. The van der Waals surface area contributed by atoms with E-state index in [1.165, 1.54) is 16.7 Å². The van der Waals surface area contributed by atoms with Gasteiger partial charge in [-0.3, -0.25) is 9.98 Å². The number of rotatable bonds is 4. The third-order valence-electron chi connectivity index (χ3n) is 4.67. The average Bonchev–Trinajstić information content (AvgIpc) is 3.24. The number of nitrogens with zero attached hydrogens (tertiary/aromatic N) is 2. The van der Waals surface area contributed by atoms with Gasteiger partial charge in [0.15, 0.2) is 0 Å². The van der Waals surface area contributed by atoms with Crippen molar-refractivity contribution in [1.29, 1.82) is 0 Å². The maximum absolute atomic E-state index is 5.98. The van der Waals surface area contributed by atoms with Gasteiger partial charge in [-0.05, 0) is 36.2 Å². The van der Waals surface area contributed by atoms with Crippen LogP contribution in [0.3, 0.4) is 0 Å². The lowest BCUT2D eigenvalue weighted by Crippen LogP contribution is -2.22. The van der Waals surface area contributed by atoms with Crippen LogP contribution in [0, 0.1) is 6.92 Å². The van der Waals surface area contributed by atoms with E-state index in [0.29, 0.717) is 0 Å². The molecule has 4 rings (SSSR count). The van der Waals surface area contributed by atoms with Crippen molar-refractivity contribution in [3.63, 3.8) is 0 Å². The summed E-state index contributed by atoms with van der Waals surface area (Å²) < 4.78 is 7.08. The van der Waals surface area contributed by atoms with Gasteiger partial charge < -0.3 is 10.1 Å². The molecule has 0 saturated carbocycles. The molecule has 2 aliphatic rings. The molecule has 124 valence electrons. The molecule has 1 unspecified atom stereocenters. The summed E-state index contributed by atoms with van der Waals surface area (Å²) in [6.45, 7) is 4.66. The van der Waals surface area contributed by atoms with Crippen LogP contribution >= 0.6 is 15.9 Å². The lowest BCUT2D eigenvalue weighted by Gasteiger charge is -2.21. The minimum absolute atomic E-state index is 0.139. The fraction of sp³-hybridized carbons (Fsp3) is 0.368. The molecule has 24 heavy (non-hydrogen) atoms. The van der Waals surface area contributed by atoms with E-state index >= 15 is 0 Å². The Morgan fingerprint density at radius 1 is 1.38 bits per heavy atom. The molecule has 1 atom stereocenters. The summed E-state index contributed by atoms with van der Waals surface area (Å²) in [6.07, 6.45) is 3.66. The van der Waals surface area contributed by atoms with E-state index in [2.05, 4.69) is 51.4 Å². The van der Waals surface area contributed by atoms with Crippen molar-refractivity contribution in [3.8, 4) is 5.75 Å². The molecule has 2 aliphatic heterocycles. The summed E-state index contributed by atoms with van der Waals surface area (Å²) in [5.41, 5.74) is 4.78. The standard InChI is InChI=1S/C19H20BrN3O/c1-12-3-2-5-23-18(12)15(11-17-21-6-7-22-17)16-10-14(20)9-13-4-8-24-19(13)16/h2-3,5,9-10,15H,4,6-8,11H2,1H3,(H,21,22). The molecule has 1 aromatic heterocycles. The van der Waals surface area contributed by atoms with Gasteiger partial charge in [0.1, 0.15) is 5.75 Å². The van der Waals surface area contributed by atoms with Crippen molar-refractivity contribution in [2.45, 2.75) is 25.7 Å². The first-order chi connectivity index (χ1) is 11.7. The molecular formula is C19H20BrN3O. The summed E-state index contributed by atoms with van der Waals surface area (Å²) in [6, 6.07) is 8.46. The summed E-state index contributed by atoms with van der Waals surface area (Å²) >= 11 is 3.67. The van der Waals surface area contributed by atoms with Gasteiger partial charge in [-0.25, -0.2) is 0 Å². The molecule has 0 amide bonds. The van der Waals surface area contributed by atoms with Gasteiger partial charge in [0.2, 0.25) is 0 Å². The highest BCUT2D eigenvalue weighted by atomic mass is 79.9. The van der Waals surface area contributed by atoms with Gasteiger partial charge in [-0.1, -0.05) is 22.0 Å². The predicted molar refractivity (Wildman–Crippen MR) is 99.1 cm³/mol. The van der Waals surface area contributed by atoms with Gasteiger partial charge in [0, 0.05) is 41.5 Å². The van der Waals surface area contributed by atoms with Crippen molar-refractivity contribution in [3.05, 3.63) is 57.3 Å². The lowest BCUT2D eigenvalue weighted by atomic mass is 9.87. The Balaban J connectivity index is 1.83. The molecule has 5 heteroatoms. The molecule has 0 bridgehead atoms. The van der Waals surface area contributed by atoms with Gasteiger partial charge in [-0.15, -0.1) is 0 Å². The molecule has 3 heterocycles.